The Bertz CT molecular complexity index is 711. The van der Waals surface area contributed by atoms with Gasteiger partial charge in [-0.15, -0.1) is 0 Å². The van der Waals surface area contributed by atoms with Crippen molar-refractivity contribution in [2.24, 2.45) is 5.41 Å². The first kappa shape index (κ1) is 19.3. The van der Waals surface area contributed by atoms with Crippen LogP contribution in [0.1, 0.15) is 18.4 Å². The summed E-state index contributed by atoms with van der Waals surface area (Å²) in [5, 5.41) is 2.95. The van der Waals surface area contributed by atoms with E-state index in [-0.39, 0.29) is 17.4 Å². The number of fused-ring (bicyclic) bond motifs is 1. The van der Waals surface area contributed by atoms with Crippen molar-refractivity contribution in [1.29, 1.82) is 0 Å². The minimum Gasteiger partial charge on any atom is -0.330 e. The van der Waals surface area contributed by atoms with Gasteiger partial charge in [0.1, 0.15) is 16.5 Å². The van der Waals surface area contributed by atoms with E-state index in [4.69, 9.17) is 0 Å². The van der Waals surface area contributed by atoms with Crippen LogP contribution in [0, 0.1) is 5.41 Å². The van der Waals surface area contributed by atoms with Gasteiger partial charge in [0.15, 0.2) is 0 Å². The summed E-state index contributed by atoms with van der Waals surface area (Å²) in [6.45, 7) is 1.57. The average Bonchev–Trinajstić information content (AvgIpc) is 3.13. The molecule has 0 radical (unpaired) electrons. The Morgan fingerprint density at radius 2 is 2.08 bits per heavy atom. The number of carbonyl (C=O) groups is 2. The van der Waals surface area contributed by atoms with E-state index in [1.54, 1.807) is 4.90 Å². The molecule has 1 saturated heterocycles. The molecule has 2 heterocycles. The van der Waals surface area contributed by atoms with E-state index in [0.717, 1.165) is 24.9 Å². The maximum atomic E-state index is 12.9. The van der Waals surface area contributed by atoms with Crippen LogP contribution in [0.5, 0.6) is 0 Å². The summed E-state index contributed by atoms with van der Waals surface area (Å²) in [7, 11) is 8.00. The average molecular weight is 424 g/mol. The molecule has 7 nitrogen and oxygen atoms in total. The molecule has 0 aromatic carbocycles. The predicted octanol–water partition coefficient (Wildman–Crippen LogP) is 1.40. The van der Waals surface area contributed by atoms with Gasteiger partial charge in [-0.25, -0.2) is 4.98 Å². The number of amides is 2. The maximum absolute atomic E-state index is 12.9. The van der Waals surface area contributed by atoms with Crippen molar-refractivity contribution in [3.63, 3.8) is 0 Å². The number of anilines is 1. The Morgan fingerprint density at radius 3 is 2.69 bits per heavy atom. The Hall–Kier alpha value is -1.51. The fourth-order valence-corrected chi connectivity index (χ4v) is 4.46. The van der Waals surface area contributed by atoms with Crippen LogP contribution in [0.3, 0.4) is 0 Å². The molecular formula is C18H26BrN5O2. The van der Waals surface area contributed by atoms with Gasteiger partial charge < -0.3 is 20.0 Å². The third-order valence-electron chi connectivity index (χ3n) is 5.19. The third-order valence-corrected chi connectivity index (χ3v) is 5.64. The number of piperidine rings is 1. The lowest BCUT2D eigenvalue weighted by molar-refractivity contribution is -0.128. The highest BCUT2D eigenvalue weighted by molar-refractivity contribution is 9.10. The lowest BCUT2D eigenvalue weighted by Crippen LogP contribution is -2.41. The summed E-state index contributed by atoms with van der Waals surface area (Å²) < 4.78 is 0.667. The summed E-state index contributed by atoms with van der Waals surface area (Å²) in [6.07, 6.45) is 2.51. The normalized spacial score (nSPS) is 27.0. The fraction of sp³-hybridized carbons (Fsp3) is 0.611. The molecule has 0 spiro atoms. The molecular weight excluding hydrogens is 398 g/mol. The summed E-state index contributed by atoms with van der Waals surface area (Å²) >= 11 is 3.37. The number of hydrogen-bond acceptors (Lipinski definition) is 5. The van der Waals surface area contributed by atoms with Crippen LogP contribution in [0.2, 0.25) is 0 Å². The maximum Gasteiger partial charge on any atom is 0.248 e. The Labute approximate surface area is 162 Å². The summed E-state index contributed by atoms with van der Waals surface area (Å²) in [6, 6.07) is 3.56. The second-order valence-corrected chi connectivity index (χ2v) is 8.77. The van der Waals surface area contributed by atoms with Crippen molar-refractivity contribution in [2.45, 2.75) is 31.5 Å². The van der Waals surface area contributed by atoms with Gasteiger partial charge in [0.25, 0.3) is 0 Å². The molecule has 1 N–H and O–H groups in total. The lowest BCUT2D eigenvalue weighted by atomic mass is 9.98. The zero-order valence-electron chi connectivity index (χ0n) is 15.7. The molecule has 3 rings (SSSR count). The third kappa shape index (κ3) is 3.77. The molecule has 1 aliphatic carbocycles. The fourth-order valence-electron chi connectivity index (χ4n) is 4.15. The van der Waals surface area contributed by atoms with E-state index < -0.39 is 6.04 Å². The predicted molar refractivity (Wildman–Crippen MR) is 104 cm³/mol. The molecule has 2 aliphatic rings. The molecule has 8 heteroatoms. The van der Waals surface area contributed by atoms with E-state index in [2.05, 4.69) is 31.1 Å². The van der Waals surface area contributed by atoms with E-state index in [1.165, 1.54) is 0 Å². The van der Waals surface area contributed by atoms with Crippen LogP contribution in [0.25, 0.3) is 0 Å². The Balaban J connectivity index is 1.76. The van der Waals surface area contributed by atoms with Gasteiger partial charge in [0.2, 0.25) is 12.3 Å². The van der Waals surface area contributed by atoms with Crippen molar-refractivity contribution >= 4 is 34.1 Å². The van der Waals surface area contributed by atoms with Gasteiger partial charge in [-0.05, 0) is 63.0 Å². The number of likely N-dealkylation sites (tertiary alicyclic amines) is 1. The van der Waals surface area contributed by atoms with E-state index >= 15 is 0 Å². The lowest BCUT2D eigenvalue weighted by Gasteiger charge is -2.23. The van der Waals surface area contributed by atoms with Gasteiger partial charge in [-0.1, -0.05) is 6.07 Å². The molecule has 1 saturated carbocycles. The smallest absolute Gasteiger partial charge is 0.248 e. The highest BCUT2D eigenvalue weighted by Crippen LogP contribution is 2.59. The molecule has 0 unspecified atom stereocenters. The Morgan fingerprint density at radius 1 is 1.35 bits per heavy atom. The minimum atomic E-state index is -0.431. The first-order valence-corrected chi connectivity index (χ1v) is 9.53. The van der Waals surface area contributed by atoms with Crippen LogP contribution < -0.4 is 5.32 Å². The molecule has 1 aromatic heterocycles. The van der Waals surface area contributed by atoms with E-state index in [0.29, 0.717) is 23.4 Å². The first-order valence-electron chi connectivity index (χ1n) is 8.74. The zero-order chi connectivity index (χ0) is 19.1. The molecule has 142 valence electrons. The number of nitrogens with zero attached hydrogens (tertiary/aromatic N) is 4. The highest BCUT2D eigenvalue weighted by Gasteiger charge is 2.65. The monoisotopic (exact) mass is 423 g/mol. The Kier molecular flexibility index (Phi) is 5.37. The van der Waals surface area contributed by atoms with Gasteiger partial charge in [-0.3, -0.25) is 9.59 Å². The number of halogens is 1. The molecule has 26 heavy (non-hydrogen) atoms. The van der Waals surface area contributed by atoms with Crippen molar-refractivity contribution in [1.82, 2.24) is 19.7 Å². The highest BCUT2D eigenvalue weighted by atomic mass is 79.9. The standard InChI is InChI=1S/C18H26BrN5O2/c1-22(2)9-12-5-6-15(19)20-16(12)21-17(26)13-7-18(10-23(3)4)8-14(18)24(13)11-25/h5-6,11,13-14H,7-10H2,1-4H3,(H,20,21,26)/t13-,14+,18-/m0/s1. The number of pyridine rings is 1. The van der Waals surface area contributed by atoms with Gasteiger partial charge in [0.05, 0.1) is 0 Å². The number of rotatable bonds is 7. The number of nitrogens with one attached hydrogen (secondary N) is 1. The summed E-state index contributed by atoms with van der Waals surface area (Å²) in [5.41, 5.74) is 0.999. The quantitative estimate of drug-likeness (QED) is 0.530. The van der Waals surface area contributed by atoms with Gasteiger partial charge in [-0.2, -0.15) is 0 Å². The largest absolute Gasteiger partial charge is 0.330 e. The van der Waals surface area contributed by atoms with Crippen molar-refractivity contribution in [2.75, 3.05) is 40.1 Å². The summed E-state index contributed by atoms with van der Waals surface area (Å²) in [4.78, 5) is 34.8. The van der Waals surface area contributed by atoms with Gasteiger partial charge in [0, 0.05) is 30.1 Å². The van der Waals surface area contributed by atoms with Gasteiger partial charge >= 0.3 is 0 Å². The second kappa shape index (κ2) is 7.25. The van der Waals surface area contributed by atoms with Crippen LogP contribution in [-0.4, -0.2) is 78.8 Å². The number of hydrogen-bond donors (Lipinski definition) is 1. The zero-order valence-corrected chi connectivity index (χ0v) is 17.3. The van der Waals surface area contributed by atoms with E-state index in [9.17, 15) is 9.59 Å². The SMILES string of the molecule is CN(C)Cc1ccc(Br)nc1NC(=O)[C@@H]1C[C@@]2(CN(C)C)C[C@H]2N1C=O. The minimum absolute atomic E-state index is 0.0591. The molecule has 0 bridgehead atoms. The molecule has 2 fully saturated rings. The van der Waals surface area contributed by atoms with Crippen LogP contribution >= 0.6 is 15.9 Å². The van der Waals surface area contributed by atoms with Crippen molar-refractivity contribution in [3.05, 3.63) is 22.3 Å². The molecule has 1 aliphatic heterocycles. The van der Waals surface area contributed by atoms with Crippen molar-refractivity contribution in [3.8, 4) is 0 Å². The second-order valence-electron chi connectivity index (χ2n) is 7.96. The van der Waals surface area contributed by atoms with Crippen LogP contribution in [-0.2, 0) is 16.1 Å². The van der Waals surface area contributed by atoms with Crippen LogP contribution in [0.4, 0.5) is 5.82 Å². The first-order chi connectivity index (χ1) is 12.3. The van der Waals surface area contributed by atoms with Crippen molar-refractivity contribution < 1.29 is 9.59 Å². The molecule has 3 atom stereocenters. The number of aromatic nitrogens is 1. The van der Waals surface area contributed by atoms with Crippen LogP contribution in [0.15, 0.2) is 16.7 Å². The topological polar surface area (TPSA) is 68.8 Å². The van der Waals surface area contributed by atoms with E-state index in [1.807, 2.05) is 45.2 Å². The molecule has 2 amide bonds. The molecule has 1 aromatic rings. The number of carbonyl (C=O) groups excluding carboxylic acids is 2. The summed E-state index contributed by atoms with van der Waals surface area (Å²) in [5.74, 6) is 0.388.